The number of benzene rings is 2. The van der Waals surface area contributed by atoms with Crippen molar-refractivity contribution in [3.8, 4) is 28.1 Å². The Kier molecular flexibility index (Phi) is 8.53. The van der Waals surface area contributed by atoms with E-state index in [1.54, 1.807) is 19.2 Å². The first-order valence-electron chi connectivity index (χ1n) is 15.1. The van der Waals surface area contributed by atoms with E-state index in [1.807, 2.05) is 30.0 Å². The zero-order valence-corrected chi connectivity index (χ0v) is 24.5. The van der Waals surface area contributed by atoms with Gasteiger partial charge in [-0.3, -0.25) is 9.69 Å². The van der Waals surface area contributed by atoms with Crippen LogP contribution < -0.4 is 4.74 Å². The van der Waals surface area contributed by atoms with Crippen LogP contribution in [0.15, 0.2) is 66.9 Å². The first kappa shape index (κ1) is 28.4. The quantitative estimate of drug-likeness (QED) is 0.258. The number of hydrogen-bond acceptors (Lipinski definition) is 5. The Balaban J connectivity index is 1.26. The predicted molar refractivity (Wildman–Crippen MR) is 162 cm³/mol. The number of nitrogens with zero attached hydrogens (tertiary/aromatic N) is 4. The third kappa shape index (κ3) is 6.05. The molecule has 1 saturated carbocycles. The Labute approximate surface area is 246 Å². The van der Waals surface area contributed by atoms with Crippen LogP contribution in [-0.4, -0.2) is 71.1 Å². The van der Waals surface area contributed by atoms with Gasteiger partial charge >= 0.3 is 0 Å². The lowest BCUT2D eigenvalue weighted by Gasteiger charge is -2.38. The van der Waals surface area contributed by atoms with Crippen LogP contribution in [0.4, 0.5) is 4.39 Å². The van der Waals surface area contributed by atoms with Crippen LogP contribution in [0.1, 0.15) is 38.3 Å². The van der Waals surface area contributed by atoms with E-state index in [2.05, 4.69) is 33.7 Å². The Morgan fingerprint density at radius 2 is 1.76 bits per heavy atom. The zero-order valence-electron chi connectivity index (χ0n) is 24.5. The molecule has 4 aromatic rings. The van der Waals surface area contributed by atoms with Crippen molar-refractivity contribution in [1.29, 1.82) is 0 Å². The number of hydrogen-bond donors (Lipinski definition) is 0. The molecule has 220 valence electrons. The van der Waals surface area contributed by atoms with Gasteiger partial charge in [0.2, 0.25) is 5.91 Å². The van der Waals surface area contributed by atoms with Crippen molar-refractivity contribution in [3.63, 3.8) is 0 Å². The van der Waals surface area contributed by atoms with E-state index in [-0.39, 0.29) is 23.7 Å². The van der Waals surface area contributed by atoms with Crippen molar-refractivity contribution in [2.45, 2.75) is 45.3 Å². The molecule has 0 N–H and O–H groups in total. The minimum Gasteiger partial charge on any atom is -0.494 e. The topological polar surface area (TPSA) is 59.3 Å². The molecule has 2 aromatic carbocycles. The molecule has 2 fully saturated rings. The van der Waals surface area contributed by atoms with Crippen molar-refractivity contribution in [3.05, 3.63) is 78.4 Å². The number of carbonyl (C=O) groups is 1. The maximum Gasteiger partial charge on any atom is 0.225 e. The maximum absolute atomic E-state index is 13.8. The van der Waals surface area contributed by atoms with Crippen molar-refractivity contribution < 1.29 is 18.7 Å². The molecule has 1 aliphatic heterocycles. The first-order valence-corrected chi connectivity index (χ1v) is 15.1. The van der Waals surface area contributed by atoms with E-state index >= 15 is 0 Å². The molecule has 8 heteroatoms. The fraction of sp³-hybridized carbons (Fsp3) is 0.412. The van der Waals surface area contributed by atoms with Crippen LogP contribution in [-0.2, 0) is 16.1 Å². The second-order valence-corrected chi connectivity index (χ2v) is 11.3. The summed E-state index contributed by atoms with van der Waals surface area (Å²) in [7, 11) is 1.75. The smallest absolute Gasteiger partial charge is 0.225 e. The molecular weight excluding hydrogens is 531 g/mol. The Hall–Kier alpha value is -3.75. The molecule has 2 atom stereocenters. The zero-order chi connectivity index (χ0) is 29.1. The SMILES string of the molecule is CCOc1cccc(-c2ccc3nc(-c4ccc(F)cc4)c(CN4CCN(C(=O)[C@H]5CCC[C@H](OC)C5)CC4)n3c2)c1. The third-order valence-electron chi connectivity index (χ3n) is 8.68. The maximum atomic E-state index is 13.8. The summed E-state index contributed by atoms with van der Waals surface area (Å²) in [5, 5.41) is 0. The number of pyridine rings is 1. The van der Waals surface area contributed by atoms with Gasteiger partial charge < -0.3 is 18.8 Å². The van der Waals surface area contributed by atoms with E-state index in [0.717, 1.165) is 78.2 Å². The lowest BCUT2D eigenvalue weighted by Crippen LogP contribution is -2.50. The molecule has 1 aliphatic carbocycles. The molecule has 0 bridgehead atoms. The number of imidazole rings is 1. The van der Waals surface area contributed by atoms with E-state index < -0.39 is 0 Å². The highest BCUT2D eigenvalue weighted by molar-refractivity contribution is 5.79. The Morgan fingerprint density at radius 1 is 0.976 bits per heavy atom. The molecule has 0 unspecified atom stereocenters. The van der Waals surface area contributed by atoms with Crippen molar-refractivity contribution >= 4 is 11.6 Å². The second kappa shape index (κ2) is 12.6. The molecule has 6 rings (SSSR count). The summed E-state index contributed by atoms with van der Waals surface area (Å²) < 4.78 is 27.3. The van der Waals surface area contributed by atoms with E-state index in [1.165, 1.54) is 12.1 Å². The fourth-order valence-electron chi connectivity index (χ4n) is 6.37. The van der Waals surface area contributed by atoms with Gasteiger partial charge in [0.05, 0.1) is 24.1 Å². The van der Waals surface area contributed by atoms with Crippen molar-refractivity contribution in [2.24, 2.45) is 5.92 Å². The molecule has 0 spiro atoms. The molecule has 0 radical (unpaired) electrons. The summed E-state index contributed by atoms with van der Waals surface area (Å²) in [5.74, 6) is 0.915. The Bertz CT molecular complexity index is 1530. The average molecular weight is 571 g/mol. The highest BCUT2D eigenvalue weighted by atomic mass is 19.1. The van der Waals surface area contributed by atoms with Crippen LogP contribution >= 0.6 is 0 Å². The molecule has 2 aliphatic rings. The number of carbonyl (C=O) groups excluding carboxylic acids is 1. The monoisotopic (exact) mass is 570 g/mol. The van der Waals surface area contributed by atoms with Gasteiger partial charge in [0.1, 0.15) is 17.2 Å². The number of fused-ring (bicyclic) bond motifs is 1. The van der Waals surface area contributed by atoms with Crippen molar-refractivity contribution in [2.75, 3.05) is 39.9 Å². The van der Waals surface area contributed by atoms with Crippen LogP contribution in [0.3, 0.4) is 0 Å². The molecule has 3 heterocycles. The number of methoxy groups -OCH3 is 1. The largest absolute Gasteiger partial charge is 0.494 e. The molecule has 7 nitrogen and oxygen atoms in total. The highest BCUT2D eigenvalue weighted by Gasteiger charge is 2.32. The number of rotatable bonds is 8. The number of aromatic nitrogens is 2. The van der Waals surface area contributed by atoms with E-state index in [9.17, 15) is 9.18 Å². The second-order valence-electron chi connectivity index (χ2n) is 11.3. The van der Waals surface area contributed by atoms with Gasteiger partial charge in [0.15, 0.2) is 0 Å². The first-order chi connectivity index (χ1) is 20.5. The van der Waals surface area contributed by atoms with Gasteiger partial charge in [-0.15, -0.1) is 0 Å². The van der Waals surface area contributed by atoms with Crippen LogP contribution in [0.2, 0.25) is 0 Å². The molecular formula is C34H39FN4O3. The van der Waals surface area contributed by atoms with Gasteiger partial charge in [-0.25, -0.2) is 9.37 Å². The number of amides is 1. The lowest BCUT2D eigenvalue weighted by molar-refractivity contribution is -0.140. The summed E-state index contributed by atoms with van der Waals surface area (Å²) in [4.78, 5) is 22.7. The number of ether oxygens (including phenoxy) is 2. The van der Waals surface area contributed by atoms with Crippen LogP contribution in [0.25, 0.3) is 28.0 Å². The van der Waals surface area contributed by atoms with E-state index in [0.29, 0.717) is 26.2 Å². The third-order valence-corrected chi connectivity index (χ3v) is 8.68. The Morgan fingerprint density at radius 3 is 2.52 bits per heavy atom. The standard InChI is InChI=1S/C34H39FN4O3/c1-3-42-30-9-4-6-25(20-30)27-12-15-32-36-33(24-10-13-28(35)14-11-24)31(39(32)22-27)23-37-16-18-38(19-17-37)34(40)26-7-5-8-29(21-26)41-2/h4,6,9-15,20,22,26,29H,3,5,7-8,16-19,21,23H2,1-2H3/t26-,29-/m0/s1. The number of halogens is 1. The normalized spacial score (nSPS) is 19.7. The summed E-state index contributed by atoms with van der Waals surface area (Å²) in [6.45, 7) is 6.28. The molecule has 1 saturated heterocycles. The highest BCUT2D eigenvalue weighted by Crippen LogP contribution is 2.31. The average Bonchev–Trinajstić information content (AvgIpc) is 3.39. The van der Waals surface area contributed by atoms with Gasteiger partial charge in [-0.1, -0.05) is 18.6 Å². The summed E-state index contributed by atoms with van der Waals surface area (Å²) in [6.07, 6.45) is 6.20. The van der Waals surface area contributed by atoms with Gasteiger partial charge in [-0.05, 0) is 85.8 Å². The molecule has 42 heavy (non-hydrogen) atoms. The van der Waals surface area contributed by atoms with Crippen molar-refractivity contribution in [1.82, 2.24) is 19.2 Å². The summed E-state index contributed by atoms with van der Waals surface area (Å²) in [5.41, 5.74) is 5.75. The summed E-state index contributed by atoms with van der Waals surface area (Å²) in [6, 6.07) is 18.8. The lowest BCUT2D eigenvalue weighted by atomic mass is 9.86. The minimum absolute atomic E-state index is 0.0683. The van der Waals surface area contributed by atoms with Crippen LogP contribution in [0, 0.1) is 11.7 Å². The van der Waals surface area contributed by atoms with Gasteiger partial charge in [0.25, 0.3) is 0 Å². The predicted octanol–water partition coefficient (Wildman–Crippen LogP) is 6.06. The van der Waals surface area contributed by atoms with Gasteiger partial charge in [0, 0.05) is 57.5 Å². The van der Waals surface area contributed by atoms with Gasteiger partial charge in [-0.2, -0.15) is 0 Å². The fourth-order valence-corrected chi connectivity index (χ4v) is 6.37. The summed E-state index contributed by atoms with van der Waals surface area (Å²) >= 11 is 0. The minimum atomic E-state index is -0.267. The number of piperazine rings is 1. The van der Waals surface area contributed by atoms with E-state index in [4.69, 9.17) is 14.5 Å². The molecule has 1 amide bonds. The molecule has 2 aromatic heterocycles. The van der Waals surface area contributed by atoms with Crippen LogP contribution in [0.5, 0.6) is 5.75 Å².